The monoisotopic (exact) mass is 280 g/mol. The number of nitrogens with zero attached hydrogens (tertiary/aromatic N) is 3. The second-order valence-corrected chi connectivity index (χ2v) is 5.33. The number of rotatable bonds is 6. The van der Waals surface area contributed by atoms with E-state index in [2.05, 4.69) is 19.8 Å². The first kappa shape index (κ1) is 15.0. The fourth-order valence-electron chi connectivity index (χ4n) is 2.68. The third-order valence-corrected chi connectivity index (χ3v) is 3.66. The molecule has 0 amide bonds. The zero-order chi connectivity index (χ0) is 14.6. The van der Waals surface area contributed by atoms with Crippen LogP contribution in [0.25, 0.3) is 0 Å². The molecule has 1 aliphatic rings. The van der Waals surface area contributed by atoms with Crippen LogP contribution >= 0.6 is 0 Å². The van der Waals surface area contributed by atoms with E-state index in [0.29, 0.717) is 13.2 Å². The molecule has 0 saturated carbocycles. The third kappa shape index (κ3) is 3.19. The quantitative estimate of drug-likeness (QED) is 0.775. The summed E-state index contributed by atoms with van der Waals surface area (Å²) in [5.41, 5.74) is -0.667. The first-order chi connectivity index (χ1) is 9.59. The van der Waals surface area contributed by atoms with E-state index in [-0.39, 0.29) is 5.97 Å². The van der Waals surface area contributed by atoms with E-state index in [0.717, 1.165) is 32.0 Å². The molecule has 112 valence electrons. The van der Waals surface area contributed by atoms with Crippen LogP contribution in [0.5, 0.6) is 0 Å². The van der Waals surface area contributed by atoms with Crippen LogP contribution in [0.15, 0.2) is 12.4 Å². The molecule has 6 heteroatoms. The van der Waals surface area contributed by atoms with Gasteiger partial charge >= 0.3 is 5.97 Å². The summed E-state index contributed by atoms with van der Waals surface area (Å²) in [7, 11) is 0. The summed E-state index contributed by atoms with van der Waals surface area (Å²) in [4.78, 5) is 18.8. The number of nitrogens with one attached hydrogen (secondary N) is 1. The molecule has 0 fully saturated rings. The van der Waals surface area contributed by atoms with Crippen molar-refractivity contribution in [1.82, 2.24) is 19.8 Å². The van der Waals surface area contributed by atoms with Gasteiger partial charge in [-0.15, -0.1) is 0 Å². The molecule has 0 radical (unpaired) electrons. The van der Waals surface area contributed by atoms with Gasteiger partial charge in [0.1, 0.15) is 11.4 Å². The molecule has 0 saturated heterocycles. The lowest BCUT2D eigenvalue weighted by molar-refractivity contribution is -0.151. The van der Waals surface area contributed by atoms with Crippen LogP contribution in [0.2, 0.25) is 0 Å². The molecule has 6 nitrogen and oxygen atoms in total. The van der Waals surface area contributed by atoms with Crippen LogP contribution in [-0.2, 0) is 22.6 Å². The van der Waals surface area contributed by atoms with E-state index in [1.165, 1.54) is 0 Å². The fourth-order valence-corrected chi connectivity index (χ4v) is 2.68. The van der Waals surface area contributed by atoms with Crippen molar-refractivity contribution < 1.29 is 9.53 Å². The molecule has 0 bridgehead atoms. The molecular weight excluding hydrogens is 256 g/mol. The van der Waals surface area contributed by atoms with Gasteiger partial charge in [0.2, 0.25) is 0 Å². The Morgan fingerprint density at radius 3 is 3.00 bits per heavy atom. The van der Waals surface area contributed by atoms with Crippen LogP contribution < -0.4 is 5.32 Å². The van der Waals surface area contributed by atoms with Crippen LogP contribution in [0, 0.1) is 0 Å². The Labute approximate surface area is 120 Å². The summed E-state index contributed by atoms with van der Waals surface area (Å²) in [5, 5.41) is 3.27. The van der Waals surface area contributed by atoms with E-state index in [4.69, 9.17) is 4.74 Å². The highest BCUT2D eigenvalue weighted by molar-refractivity contribution is 5.80. The van der Waals surface area contributed by atoms with E-state index in [1.54, 1.807) is 0 Å². The molecule has 1 aliphatic heterocycles. The zero-order valence-corrected chi connectivity index (χ0v) is 12.6. The Balaban J connectivity index is 2.03. The van der Waals surface area contributed by atoms with Gasteiger partial charge in [0, 0.05) is 32.0 Å². The molecule has 0 aliphatic carbocycles. The second-order valence-electron chi connectivity index (χ2n) is 5.33. The highest BCUT2D eigenvalue weighted by Crippen LogP contribution is 2.15. The van der Waals surface area contributed by atoms with Crippen molar-refractivity contribution in [3.05, 3.63) is 18.2 Å². The van der Waals surface area contributed by atoms with Crippen molar-refractivity contribution >= 4 is 5.97 Å². The molecule has 1 aromatic heterocycles. The maximum absolute atomic E-state index is 12.2. The molecular formula is C14H24N4O2. The Morgan fingerprint density at radius 1 is 1.50 bits per heavy atom. The summed E-state index contributed by atoms with van der Waals surface area (Å²) < 4.78 is 7.36. The molecule has 2 heterocycles. The van der Waals surface area contributed by atoms with Gasteiger partial charge < -0.3 is 14.6 Å². The Kier molecular flexibility index (Phi) is 4.77. The molecule has 0 spiro atoms. The lowest BCUT2D eigenvalue weighted by atomic mass is 10.0. The maximum atomic E-state index is 12.2. The minimum atomic E-state index is -0.667. The fraction of sp³-hybridized carbons (Fsp3) is 0.714. The smallest absolute Gasteiger partial charge is 0.327 e. The summed E-state index contributed by atoms with van der Waals surface area (Å²) in [6, 6.07) is 0. The lowest BCUT2D eigenvalue weighted by Gasteiger charge is -2.36. The molecule has 1 N–H and O–H groups in total. The highest BCUT2D eigenvalue weighted by Gasteiger charge is 2.36. The number of ether oxygens (including phenoxy) is 1. The molecule has 2 rings (SSSR count). The summed E-state index contributed by atoms with van der Waals surface area (Å²) >= 11 is 0. The van der Waals surface area contributed by atoms with Crippen LogP contribution in [0.4, 0.5) is 0 Å². The number of esters is 1. The van der Waals surface area contributed by atoms with Crippen molar-refractivity contribution in [3.63, 3.8) is 0 Å². The largest absolute Gasteiger partial charge is 0.465 e. The number of imidazole rings is 1. The predicted molar refractivity (Wildman–Crippen MR) is 76.2 cm³/mol. The van der Waals surface area contributed by atoms with Gasteiger partial charge in [0.25, 0.3) is 0 Å². The first-order valence-corrected chi connectivity index (χ1v) is 7.23. The number of aromatic nitrogens is 2. The Morgan fingerprint density at radius 2 is 2.30 bits per heavy atom. The third-order valence-electron chi connectivity index (χ3n) is 3.66. The SMILES string of the molecule is CCNC(C)(CN1CCn2ccnc2C1)C(=O)OCC. The van der Waals surface area contributed by atoms with Crippen molar-refractivity contribution in [2.24, 2.45) is 0 Å². The van der Waals surface area contributed by atoms with Gasteiger partial charge in [-0.05, 0) is 20.4 Å². The number of hydrogen-bond donors (Lipinski definition) is 1. The van der Waals surface area contributed by atoms with Gasteiger partial charge in [-0.3, -0.25) is 9.69 Å². The summed E-state index contributed by atoms with van der Waals surface area (Å²) in [6.45, 7) is 10.1. The van der Waals surface area contributed by atoms with Crippen molar-refractivity contribution in [3.8, 4) is 0 Å². The minimum absolute atomic E-state index is 0.184. The standard InChI is InChI=1S/C14H24N4O2/c1-4-16-14(3,13(19)20-5-2)11-17-8-9-18-7-6-15-12(18)10-17/h6-7,16H,4-5,8-11H2,1-3H3. The van der Waals surface area contributed by atoms with Crippen molar-refractivity contribution in [2.45, 2.75) is 39.4 Å². The lowest BCUT2D eigenvalue weighted by Crippen LogP contribution is -2.58. The number of likely N-dealkylation sites (N-methyl/N-ethyl adjacent to an activating group) is 1. The molecule has 1 atom stereocenters. The molecule has 0 aromatic carbocycles. The van der Waals surface area contributed by atoms with Gasteiger partial charge in [-0.1, -0.05) is 6.92 Å². The van der Waals surface area contributed by atoms with E-state index in [1.807, 2.05) is 33.2 Å². The predicted octanol–water partition coefficient (Wildman–Crippen LogP) is 0.630. The normalized spacial score (nSPS) is 18.4. The Hall–Kier alpha value is -1.40. The summed E-state index contributed by atoms with van der Waals surface area (Å²) in [6.07, 6.45) is 3.83. The number of carbonyl (C=O) groups is 1. The maximum Gasteiger partial charge on any atom is 0.327 e. The number of hydrogen-bond acceptors (Lipinski definition) is 5. The minimum Gasteiger partial charge on any atom is -0.465 e. The topological polar surface area (TPSA) is 59.4 Å². The molecule has 1 aromatic rings. The second kappa shape index (κ2) is 6.37. The van der Waals surface area contributed by atoms with Gasteiger partial charge in [-0.25, -0.2) is 4.98 Å². The van der Waals surface area contributed by atoms with Gasteiger partial charge in [-0.2, -0.15) is 0 Å². The molecule has 20 heavy (non-hydrogen) atoms. The van der Waals surface area contributed by atoms with Crippen LogP contribution in [0.1, 0.15) is 26.6 Å². The zero-order valence-electron chi connectivity index (χ0n) is 12.6. The van der Waals surface area contributed by atoms with Gasteiger partial charge in [0.15, 0.2) is 0 Å². The van der Waals surface area contributed by atoms with Crippen molar-refractivity contribution in [1.29, 1.82) is 0 Å². The average Bonchev–Trinajstić information content (AvgIpc) is 2.86. The van der Waals surface area contributed by atoms with Gasteiger partial charge in [0.05, 0.1) is 13.2 Å². The van der Waals surface area contributed by atoms with Crippen LogP contribution in [0.3, 0.4) is 0 Å². The highest BCUT2D eigenvalue weighted by atomic mass is 16.5. The Bertz CT molecular complexity index is 460. The van der Waals surface area contributed by atoms with E-state index in [9.17, 15) is 4.79 Å². The summed E-state index contributed by atoms with van der Waals surface area (Å²) in [5.74, 6) is 0.870. The number of carbonyl (C=O) groups excluding carboxylic acids is 1. The van der Waals surface area contributed by atoms with E-state index >= 15 is 0 Å². The average molecular weight is 280 g/mol. The van der Waals surface area contributed by atoms with E-state index < -0.39 is 5.54 Å². The van der Waals surface area contributed by atoms with Crippen molar-refractivity contribution in [2.75, 3.05) is 26.2 Å². The number of fused-ring (bicyclic) bond motifs is 1. The molecule has 1 unspecified atom stereocenters. The van der Waals surface area contributed by atoms with Crippen LogP contribution in [-0.4, -0.2) is 52.2 Å². The first-order valence-electron chi connectivity index (χ1n) is 7.23.